The molecule has 2 heterocycles. The van der Waals surface area contributed by atoms with Crippen molar-refractivity contribution in [2.24, 2.45) is 7.05 Å². The van der Waals surface area contributed by atoms with Gasteiger partial charge in [0.2, 0.25) is 0 Å². The summed E-state index contributed by atoms with van der Waals surface area (Å²) in [7, 11) is 3.80. The fraction of sp³-hybridized carbons (Fsp3) is 0.444. The van der Waals surface area contributed by atoms with Gasteiger partial charge >= 0.3 is 0 Å². The number of hydrogen-bond acceptors (Lipinski definition) is 3. The molecule has 5 heteroatoms. The van der Waals surface area contributed by atoms with E-state index < -0.39 is 0 Å². The first kappa shape index (κ1) is 15.7. The van der Waals surface area contributed by atoms with Crippen LogP contribution in [0.1, 0.15) is 29.6 Å². The van der Waals surface area contributed by atoms with E-state index in [1.165, 1.54) is 6.42 Å². The highest BCUT2D eigenvalue weighted by molar-refractivity contribution is 5.94. The lowest BCUT2D eigenvalue weighted by Crippen LogP contribution is -2.37. The molecule has 0 aliphatic carbocycles. The highest BCUT2D eigenvalue weighted by atomic mass is 16.5. The molecule has 0 N–H and O–H groups in total. The summed E-state index contributed by atoms with van der Waals surface area (Å²) in [4.78, 5) is 18.6. The molecule has 0 unspecified atom stereocenters. The fourth-order valence-corrected chi connectivity index (χ4v) is 2.97. The Balaban J connectivity index is 1.66. The van der Waals surface area contributed by atoms with Gasteiger partial charge in [0.15, 0.2) is 0 Å². The first-order chi connectivity index (χ1) is 11.1. The van der Waals surface area contributed by atoms with Crippen LogP contribution in [0.5, 0.6) is 0 Å². The second-order valence-electron chi connectivity index (χ2n) is 6.11. The summed E-state index contributed by atoms with van der Waals surface area (Å²) in [5, 5.41) is 0. The van der Waals surface area contributed by atoms with E-state index >= 15 is 0 Å². The molecule has 3 rings (SSSR count). The summed E-state index contributed by atoms with van der Waals surface area (Å²) in [6.07, 6.45) is 7.20. The molecular formula is C18H23N3O2. The van der Waals surface area contributed by atoms with E-state index in [9.17, 15) is 4.79 Å². The van der Waals surface area contributed by atoms with Crippen molar-refractivity contribution < 1.29 is 9.53 Å². The van der Waals surface area contributed by atoms with Crippen molar-refractivity contribution in [2.75, 3.05) is 20.2 Å². The Bertz CT molecular complexity index is 657. The summed E-state index contributed by atoms with van der Waals surface area (Å²) < 4.78 is 7.67. The topological polar surface area (TPSA) is 47.4 Å². The van der Waals surface area contributed by atoms with Crippen LogP contribution in [0.2, 0.25) is 0 Å². The average molecular weight is 313 g/mol. The second-order valence-corrected chi connectivity index (χ2v) is 6.11. The van der Waals surface area contributed by atoms with E-state index in [4.69, 9.17) is 4.74 Å². The molecule has 1 aliphatic heterocycles. The van der Waals surface area contributed by atoms with Crippen LogP contribution in [0, 0.1) is 0 Å². The third kappa shape index (κ3) is 3.62. The molecule has 2 aromatic rings. The number of imidazole rings is 1. The van der Waals surface area contributed by atoms with Crippen LogP contribution in [0.4, 0.5) is 0 Å². The lowest BCUT2D eigenvalue weighted by atomic mass is 10.1. The number of nitrogens with zero attached hydrogens (tertiary/aromatic N) is 3. The van der Waals surface area contributed by atoms with Crippen LogP contribution in [-0.2, 0) is 11.8 Å². The molecular weight excluding hydrogens is 290 g/mol. The largest absolute Gasteiger partial charge is 0.376 e. The predicted octanol–water partition coefficient (Wildman–Crippen LogP) is 2.73. The van der Waals surface area contributed by atoms with Gasteiger partial charge in [0.25, 0.3) is 5.91 Å². The lowest BCUT2D eigenvalue weighted by molar-refractivity contribution is -0.000186. The van der Waals surface area contributed by atoms with Crippen LogP contribution < -0.4 is 0 Å². The van der Waals surface area contributed by atoms with Gasteiger partial charge in [0.1, 0.15) is 5.82 Å². The number of amides is 1. The van der Waals surface area contributed by atoms with Gasteiger partial charge in [-0.15, -0.1) is 0 Å². The molecule has 5 nitrogen and oxygen atoms in total. The number of ether oxygens (including phenoxy) is 1. The number of benzene rings is 1. The quantitative estimate of drug-likeness (QED) is 0.872. The Morgan fingerprint density at radius 2 is 2.13 bits per heavy atom. The van der Waals surface area contributed by atoms with E-state index in [-0.39, 0.29) is 12.0 Å². The molecule has 1 fully saturated rings. The molecule has 1 atom stereocenters. The molecule has 1 aliphatic rings. The van der Waals surface area contributed by atoms with E-state index in [0.717, 1.165) is 30.8 Å². The summed E-state index contributed by atoms with van der Waals surface area (Å²) in [5.74, 6) is 0.929. The number of aryl methyl sites for hydroxylation is 1. The highest BCUT2D eigenvalue weighted by Crippen LogP contribution is 2.19. The first-order valence-corrected chi connectivity index (χ1v) is 8.10. The molecule has 23 heavy (non-hydrogen) atoms. The third-order valence-corrected chi connectivity index (χ3v) is 4.31. The van der Waals surface area contributed by atoms with Crippen molar-refractivity contribution in [2.45, 2.75) is 25.4 Å². The monoisotopic (exact) mass is 313 g/mol. The van der Waals surface area contributed by atoms with Gasteiger partial charge in [-0.05, 0) is 31.4 Å². The smallest absolute Gasteiger partial charge is 0.253 e. The minimum Gasteiger partial charge on any atom is -0.376 e. The van der Waals surface area contributed by atoms with Crippen LogP contribution in [-0.4, -0.2) is 46.7 Å². The maximum absolute atomic E-state index is 12.5. The zero-order valence-electron chi connectivity index (χ0n) is 13.7. The first-order valence-electron chi connectivity index (χ1n) is 8.10. The Morgan fingerprint density at radius 1 is 1.35 bits per heavy atom. The number of likely N-dealkylation sites (N-methyl/N-ethyl adjacent to an activating group) is 1. The molecule has 1 aromatic carbocycles. The molecule has 0 bridgehead atoms. The summed E-state index contributed by atoms with van der Waals surface area (Å²) >= 11 is 0. The fourth-order valence-electron chi connectivity index (χ4n) is 2.97. The van der Waals surface area contributed by atoms with Crippen molar-refractivity contribution >= 4 is 5.91 Å². The maximum Gasteiger partial charge on any atom is 0.253 e. The van der Waals surface area contributed by atoms with Gasteiger partial charge in [0.05, 0.1) is 6.10 Å². The van der Waals surface area contributed by atoms with E-state index in [2.05, 4.69) is 4.98 Å². The van der Waals surface area contributed by atoms with E-state index in [1.54, 1.807) is 11.1 Å². The second kappa shape index (κ2) is 6.96. The molecule has 1 saturated heterocycles. The van der Waals surface area contributed by atoms with Gasteiger partial charge < -0.3 is 14.2 Å². The van der Waals surface area contributed by atoms with Crippen molar-refractivity contribution in [3.05, 3.63) is 42.2 Å². The Kier molecular flexibility index (Phi) is 4.76. The zero-order valence-corrected chi connectivity index (χ0v) is 13.7. The number of carbonyl (C=O) groups excluding carboxylic acids is 1. The van der Waals surface area contributed by atoms with Crippen molar-refractivity contribution in [3.8, 4) is 11.4 Å². The van der Waals surface area contributed by atoms with Crippen molar-refractivity contribution in [1.29, 1.82) is 0 Å². The number of hydrogen-bond donors (Lipinski definition) is 0. The number of carbonyl (C=O) groups is 1. The van der Waals surface area contributed by atoms with Gasteiger partial charge in [-0.25, -0.2) is 4.98 Å². The predicted molar refractivity (Wildman–Crippen MR) is 89.2 cm³/mol. The third-order valence-electron chi connectivity index (χ3n) is 4.31. The minimum absolute atomic E-state index is 0.0329. The van der Waals surface area contributed by atoms with Crippen LogP contribution in [0.3, 0.4) is 0 Å². The molecule has 0 radical (unpaired) electrons. The Hall–Kier alpha value is -2.14. The average Bonchev–Trinajstić information content (AvgIpc) is 3.01. The summed E-state index contributed by atoms with van der Waals surface area (Å²) in [6.45, 7) is 1.46. The Morgan fingerprint density at radius 3 is 2.74 bits per heavy atom. The molecule has 1 aromatic heterocycles. The molecule has 122 valence electrons. The lowest BCUT2D eigenvalue weighted by Gasteiger charge is -2.27. The summed E-state index contributed by atoms with van der Waals surface area (Å²) in [6, 6.07) is 7.62. The van der Waals surface area contributed by atoms with Crippen LogP contribution >= 0.6 is 0 Å². The van der Waals surface area contributed by atoms with E-state index in [1.807, 2.05) is 49.1 Å². The van der Waals surface area contributed by atoms with Crippen LogP contribution in [0.15, 0.2) is 36.7 Å². The molecule has 1 amide bonds. The number of rotatable bonds is 4. The highest BCUT2D eigenvalue weighted by Gasteiger charge is 2.19. The number of aromatic nitrogens is 2. The minimum atomic E-state index is 0.0329. The van der Waals surface area contributed by atoms with Gasteiger partial charge in [-0.1, -0.05) is 12.1 Å². The SMILES string of the molecule is CN(C[C@@H]1CCCCO1)C(=O)c1ccc(-c2nccn2C)cc1. The molecule has 0 saturated carbocycles. The van der Waals surface area contributed by atoms with Gasteiger partial charge in [0, 0.05) is 50.8 Å². The normalized spacial score (nSPS) is 17.9. The van der Waals surface area contributed by atoms with Gasteiger partial charge in [-0.2, -0.15) is 0 Å². The summed E-state index contributed by atoms with van der Waals surface area (Å²) in [5.41, 5.74) is 1.70. The van der Waals surface area contributed by atoms with Crippen LogP contribution in [0.25, 0.3) is 11.4 Å². The van der Waals surface area contributed by atoms with Crippen molar-refractivity contribution in [3.63, 3.8) is 0 Å². The van der Waals surface area contributed by atoms with Crippen molar-refractivity contribution in [1.82, 2.24) is 14.5 Å². The van der Waals surface area contributed by atoms with E-state index in [0.29, 0.717) is 12.1 Å². The van der Waals surface area contributed by atoms with Gasteiger partial charge in [-0.3, -0.25) is 4.79 Å². The standard InChI is InChI=1S/C18H23N3O2/c1-20-11-10-19-17(20)14-6-8-15(9-7-14)18(22)21(2)13-16-5-3-4-12-23-16/h6-11,16H,3-5,12-13H2,1-2H3/t16-/m0/s1. The zero-order chi connectivity index (χ0) is 16.2. The maximum atomic E-state index is 12.5. The Labute approximate surface area is 136 Å². The molecule has 0 spiro atoms.